The maximum Gasteiger partial charge on any atom is 0.128 e. The van der Waals surface area contributed by atoms with Crippen LogP contribution in [0, 0.1) is 35.1 Å². The average molecular weight is 1060 g/mol. The highest BCUT2D eigenvalue weighted by atomic mass is 19.1. The van der Waals surface area contributed by atoms with Crippen LogP contribution in [0.1, 0.15) is 127 Å². The van der Waals surface area contributed by atoms with Crippen LogP contribution in [0.4, 0.5) is 17.6 Å². The standard InChI is InChI=1S/2C32H33F2N3O2/c2*1-18-16-35-19(2)29(18)21-13-28-30(36-17-21)24-7-5-22(32(3,4)38)14-27(24)37(28)31(20-9-11-39-12-10-20)25-15-23(33)6-8-26(25)34/h2*5-8,13-15,17,20,31,38H,9-12,16H2,1-4H3. The number of hydrogen-bond donors (Lipinski definition) is 2. The lowest BCUT2D eigenvalue weighted by molar-refractivity contribution is 0.0547. The van der Waals surface area contributed by atoms with E-state index in [2.05, 4.69) is 45.1 Å². The molecule has 0 spiro atoms. The van der Waals surface area contributed by atoms with Gasteiger partial charge in [0.1, 0.15) is 23.3 Å². The fraction of sp³-hybridized carbons (Fsp3) is 0.375. The summed E-state index contributed by atoms with van der Waals surface area (Å²) in [7, 11) is 0. The molecular weight excluding hydrogens is 993 g/mol. The Labute approximate surface area is 451 Å². The van der Waals surface area contributed by atoms with Crippen LogP contribution in [0.25, 0.3) is 55.0 Å². The van der Waals surface area contributed by atoms with Crippen molar-refractivity contribution in [3.8, 4) is 0 Å². The number of hydrogen-bond acceptors (Lipinski definition) is 8. The Balaban J connectivity index is 0.000000165. The molecule has 0 amide bonds. The Kier molecular flexibility index (Phi) is 14.1. The number of fused-ring (bicyclic) bond motifs is 6. The summed E-state index contributed by atoms with van der Waals surface area (Å²) in [4.78, 5) is 19.1. The predicted molar refractivity (Wildman–Crippen MR) is 302 cm³/mol. The molecule has 0 bridgehead atoms. The summed E-state index contributed by atoms with van der Waals surface area (Å²) >= 11 is 0. The number of ether oxygens (including phenoxy) is 2. The van der Waals surface area contributed by atoms with Crippen molar-refractivity contribution in [1.29, 1.82) is 0 Å². The molecule has 8 heterocycles. The molecule has 0 aliphatic carbocycles. The van der Waals surface area contributed by atoms with Crippen molar-refractivity contribution in [2.45, 2.75) is 104 Å². The maximum atomic E-state index is 15.6. The number of aromatic nitrogens is 4. The van der Waals surface area contributed by atoms with Gasteiger partial charge in [-0.15, -0.1) is 0 Å². The zero-order valence-electron chi connectivity index (χ0n) is 45.5. The molecule has 4 aromatic heterocycles. The number of pyridine rings is 2. The molecule has 2 fully saturated rings. The van der Waals surface area contributed by atoms with Gasteiger partial charge in [0, 0.05) is 94.4 Å². The van der Waals surface area contributed by atoms with Gasteiger partial charge in [-0.2, -0.15) is 0 Å². The van der Waals surface area contributed by atoms with Gasteiger partial charge in [-0.3, -0.25) is 20.0 Å². The van der Waals surface area contributed by atoms with E-state index in [9.17, 15) is 19.0 Å². The largest absolute Gasteiger partial charge is 0.386 e. The van der Waals surface area contributed by atoms with Gasteiger partial charge in [0.25, 0.3) is 0 Å². The highest BCUT2D eigenvalue weighted by Crippen LogP contribution is 2.45. The highest BCUT2D eigenvalue weighted by molar-refractivity contribution is 6.26. The fourth-order valence-corrected chi connectivity index (χ4v) is 12.5. The number of benzene rings is 4. The van der Waals surface area contributed by atoms with E-state index in [1.54, 1.807) is 27.7 Å². The normalized spacial score (nSPS) is 17.9. The number of aliphatic hydroxyl groups is 2. The Morgan fingerprint density at radius 1 is 0.513 bits per heavy atom. The van der Waals surface area contributed by atoms with Crippen molar-refractivity contribution in [3.63, 3.8) is 0 Å². The van der Waals surface area contributed by atoms with Crippen molar-refractivity contribution in [2.24, 2.45) is 21.8 Å². The molecule has 0 radical (unpaired) electrons. The van der Waals surface area contributed by atoms with Crippen LogP contribution in [0.2, 0.25) is 0 Å². The Morgan fingerprint density at radius 2 is 0.897 bits per heavy atom. The number of rotatable bonds is 10. The minimum atomic E-state index is -1.08. The third kappa shape index (κ3) is 9.79. The molecule has 4 aliphatic heterocycles. The molecule has 12 rings (SSSR count). The number of allylic oxidation sites excluding steroid dienone is 2. The second-order valence-electron chi connectivity index (χ2n) is 22.7. The third-order valence-corrected chi connectivity index (χ3v) is 16.5. The molecule has 2 unspecified atom stereocenters. The summed E-state index contributed by atoms with van der Waals surface area (Å²) in [6.07, 6.45) is 6.63. The second kappa shape index (κ2) is 20.8. The molecule has 2 N–H and O–H groups in total. The first-order chi connectivity index (χ1) is 37.3. The molecule has 2 saturated heterocycles. The first kappa shape index (κ1) is 53.2. The molecule has 14 heteroatoms. The average Bonchev–Trinajstić information content (AvgIpc) is 4.36. The monoisotopic (exact) mass is 1060 g/mol. The summed E-state index contributed by atoms with van der Waals surface area (Å²) in [6.45, 7) is 18.8. The van der Waals surface area contributed by atoms with Gasteiger partial charge in [0.2, 0.25) is 0 Å². The van der Waals surface area contributed by atoms with Crippen molar-refractivity contribution in [3.05, 3.63) is 165 Å². The van der Waals surface area contributed by atoms with E-state index in [4.69, 9.17) is 19.4 Å². The molecule has 4 aliphatic rings. The second-order valence-corrected chi connectivity index (χ2v) is 22.7. The lowest BCUT2D eigenvalue weighted by Crippen LogP contribution is -2.28. The van der Waals surface area contributed by atoms with Crippen LogP contribution in [-0.4, -0.2) is 80.3 Å². The SMILES string of the molecule is CC1=NCC(C)=C1c1cnc2c3ccc(C(C)(C)O)cc3n(C(c3cc(F)ccc3F)C3CCOCC3)c2c1.CC1=NCC(C)=C1c1cnc2c3ccc(C(C)(C)O)cc3n(C(c3cc(F)ccc3F)C3CCOCC3)c2c1. The highest BCUT2D eigenvalue weighted by Gasteiger charge is 2.36. The Morgan fingerprint density at radius 3 is 1.24 bits per heavy atom. The van der Waals surface area contributed by atoms with Gasteiger partial charge in [-0.25, -0.2) is 17.6 Å². The van der Waals surface area contributed by atoms with Crippen LogP contribution in [0.5, 0.6) is 0 Å². The molecule has 4 aromatic carbocycles. The summed E-state index contributed by atoms with van der Waals surface area (Å²) in [5, 5.41) is 23.6. The van der Waals surface area contributed by atoms with Gasteiger partial charge in [0.05, 0.1) is 69.5 Å². The molecule has 78 heavy (non-hydrogen) atoms. The van der Waals surface area contributed by atoms with Crippen molar-refractivity contribution >= 4 is 66.4 Å². The van der Waals surface area contributed by atoms with Crippen molar-refractivity contribution in [1.82, 2.24) is 19.1 Å². The van der Waals surface area contributed by atoms with E-state index in [0.29, 0.717) is 50.6 Å². The van der Waals surface area contributed by atoms with Gasteiger partial charge in [-0.05, 0) is 176 Å². The van der Waals surface area contributed by atoms with Crippen LogP contribution in [0.15, 0.2) is 118 Å². The minimum Gasteiger partial charge on any atom is -0.386 e. The number of nitrogens with zero attached hydrogens (tertiary/aromatic N) is 6. The van der Waals surface area contributed by atoms with Gasteiger partial charge in [0.15, 0.2) is 0 Å². The van der Waals surface area contributed by atoms with Gasteiger partial charge < -0.3 is 28.8 Å². The van der Waals surface area contributed by atoms with Crippen molar-refractivity contribution < 1.29 is 37.2 Å². The zero-order chi connectivity index (χ0) is 54.9. The summed E-state index contributed by atoms with van der Waals surface area (Å²) in [5.74, 6) is -1.80. The maximum absolute atomic E-state index is 15.6. The van der Waals surface area contributed by atoms with Crippen LogP contribution < -0.4 is 0 Å². The van der Waals surface area contributed by atoms with Gasteiger partial charge in [-0.1, -0.05) is 24.3 Å². The molecule has 404 valence electrons. The zero-order valence-corrected chi connectivity index (χ0v) is 45.5. The van der Waals surface area contributed by atoms with Crippen LogP contribution in [-0.2, 0) is 20.7 Å². The minimum absolute atomic E-state index is 0.0130. The van der Waals surface area contributed by atoms with E-state index < -0.39 is 46.6 Å². The van der Waals surface area contributed by atoms with Crippen LogP contribution in [0.3, 0.4) is 0 Å². The summed E-state index contributed by atoms with van der Waals surface area (Å²) in [5.41, 5.74) is 13.2. The first-order valence-electron chi connectivity index (χ1n) is 27.1. The Bertz CT molecular complexity index is 3560. The quantitative estimate of drug-likeness (QED) is 0.132. The van der Waals surface area contributed by atoms with E-state index in [0.717, 1.165) is 127 Å². The van der Waals surface area contributed by atoms with Gasteiger partial charge >= 0.3 is 0 Å². The van der Waals surface area contributed by atoms with E-state index >= 15 is 8.78 Å². The number of halogens is 4. The lowest BCUT2D eigenvalue weighted by Gasteiger charge is -2.33. The smallest absolute Gasteiger partial charge is 0.128 e. The molecule has 2 atom stereocenters. The van der Waals surface area contributed by atoms with E-state index in [1.165, 1.54) is 35.4 Å². The summed E-state index contributed by atoms with van der Waals surface area (Å²) in [6, 6.07) is 22.3. The Hall–Kier alpha value is -6.84. The molecule has 10 nitrogen and oxygen atoms in total. The predicted octanol–water partition coefficient (Wildman–Crippen LogP) is 13.9. The molecule has 8 aromatic rings. The lowest BCUT2D eigenvalue weighted by atomic mass is 9.86. The van der Waals surface area contributed by atoms with Crippen molar-refractivity contribution in [2.75, 3.05) is 39.5 Å². The van der Waals surface area contributed by atoms with E-state index in [-0.39, 0.29) is 11.8 Å². The van der Waals surface area contributed by atoms with Crippen LogP contribution >= 0.6 is 0 Å². The third-order valence-electron chi connectivity index (χ3n) is 16.5. The topological polar surface area (TPSA) is 119 Å². The molecular formula is C64H66F4N6O4. The fourth-order valence-electron chi connectivity index (χ4n) is 12.5. The first-order valence-corrected chi connectivity index (χ1v) is 27.1. The van der Waals surface area contributed by atoms with E-state index in [1.807, 2.05) is 62.6 Å². The molecule has 0 saturated carbocycles. The number of aliphatic imine (C=N–C) groups is 2. The summed E-state index contributed by atoms with van der Waals surface area (Å²) < 4.78 is 76.0.